The van der Waals surface area contributed by atoms with E-state index < -0.39 is 17.3 Å². The lowest BCUT2D eigenvalue weighted by Gasteiger charge is -2.01. The minimum Gasteiger partial charge on any atom is -0.464 e. The second kappa shape index (κ2) is 3.49. The lowest BCUT2D eigenvalue weighted by atomic mass is 10.2. The van der Waals surface area contributed by atoms with Gasteiger partial charge in [-0.1, -0.05) is 11.6 Å². The Morgan fingerprint density at radius 3 is 2.69 bits per heavy atom. The first-order valence-corrected chi connectivity index (χ1v) is 4.56. The third-order valence-electron chi connectivity index (χ3n) is 2.05. The Bertz CT molecular complexity index is 701. The number of carbonyl (C=O) groups is 1. The monoisotopic (exact) mass is 240 g/mol. The summed E-state index contributed by atoms with van der Waals surface area (Å²) in [6, 6.07) is 4.23. The summed E-state index contributed by atoms with van der Waals surface area (Å²) in [6.07, 6.45) is -1.63. The molecule has 2 aromatic rings. The smallest absolute Gasteiger partial charge is 0.422 e. The lowest BCUT2D eigenvalue weighted by molar-refractivity contribution is 0.194. The van der Waals surface area contributed by atoms with Crippen molar-refractivity contribution in [2.45, 2.75) is 0 Å². The van der Waals surface area contributed by atoms with E-state index in [0.29, 0.717) is 0 Å². The molecule has 82 valence electrons. The van der Waals surface area contributed by atoms with Crippen LogP contribution in [0.1, 0.15) is 0 Å². The molecular formula is C9H5ClN2O4. The van der Waals surface area contributed by atoms with E-state index in [1.807, 2.05) is 0 Å². The highest BCUT2D eigenvalue weighted by molar-refractivity contribution is 6.31. The molecule has 0 fully saturated rings. The summed E-state index contributed by atoms with van der Waals surface area (Å²) in [5.41, 5.74) is -1.65. The number of hydrogen-bond donors (Lipinski definition) is 2. The molecule has 1 heterocycles. The van der Waals surface area contributed by atoms with Gasteiger partial charge in [0.05, 0.1) is 10.9 Å². The van der Waals surface area contributed by atoms with E-state index in [9.17, 15) is 14.4 Å². The molecule has 0 radical (unpaired) electrons. The maximum Gasteiger partial charge on any atom is 0.422 e. The molecule has 0 bridgehead atoms. The van der Waals surface area contributed by atoms with Crippen molar-refractivity contribution in [1.82, 2.24) is 9.55 Å². The fraction of sp³-hybridized carbons (Fsp3) is 0. The van der Waals surface area contributed by atoms with E-state index in [0.717, 1.165) is 0 Å². The van der Waals surface area contributed by atoms with Crippen molar-refractivity contribution < 1.29 is 9.90 Å². The molecule has 16 heavy (non-hydrogen) atoms. The number of aromatic nitrogens is 2. The molecule has 0 unspecified atom stereocenters. The zero-order valence-electron chi connectivity index (χ0n) is 7.73. The van der Waals surface area contributed by atoms with Gasteiger partial charge >= 0.3 is 11.8 Å². The van der Waals surface area contributed by atoms with Gasteiger partial charge in [-0.05, 0) is 18.2 Å². The fourth-order valence-electron chi connectivity index (χ4n) is 1.36. The first-order valence-electron chi connectivity index (χ1n) is 4.18. The van der Waals surface area contributed by atoms with Crippen LogP contribution in [-0.4, -0.2) is 20.8 Å². The average Bonchev–Trinajstić information content (AvgIpc) is 2.19. The summed E-state index contributed by atoms with van der Waals surface area (Å²) < 4.78 is 0.0959. The molecule has 6 nitrogen and oxygen atoms in total. The molecule has 0 atom stereocenters. The number of benzene rings is 1. The molecule has 1 aromatic heterocycles. The number of nitrogens with one attached hydrogen (secondary N) is 1. The van der Waals surface area contributed by atoms with Gasteiger partial charge in [-0.25, -0.2) is 9.59 Å². The van der Waals surface area contributed by atoms with E-state index in [-0.39, 0.29) is 20.5 Å². The van der Waals surface area contributed by atoms with Crippen LogP contribution in [0, 0.1) is 0 Å². The van der Waals surface area contributed by atoms with Gasteiger partial charge < -0.3 is 10.1 Å². The standard InChI is InChI=1S/C9H5ClN2O4/c10-4-1-2-6-5(3-4)7(13)12(9(15)16)8(14)11-6/h1-3H,(H,11,14)(H,15,16). The number of nitrogens with zero attached hydrogens (tertiary/aromatic N) is 1. The van der Waals surface area contributed by atoms with E-state index in [1.54, 1.807) is 0 Å². The molecule has 0 aliphatic carbocycles. The van der Waals surface area contributed by atoms with Crippen LogP contribution in [0.5, 0.6) is 0 Å². The molecule has 1 aromatic carbocycles. The van der Waals surface area contributed by atoms with Gasteiger partial charge in [0.2, 0.25) is 0 Å². The van der Waals surface area contributed by atoms with Gasteiger partial charge in [-0.2, -0.15) is 4.57 Å². The summed E-state index contributed by atoms with van der Waals surface area (Å²) >= 11 is 5.67. The van der Waals surface area contributed by atoms with Gasteiger partial charge in [0.15, 0.2) is 0 Å². The van der Waals surface area contributed by atoms with Crippen LogP contribution in [0.3, 0.4) is 0 Å². The number of halogens is 1. The fourth-order valence-corrected chi connectivity index (χ4v) is 1.53. The van der Waals surface area contributed by atoms with Crippen LogP contribution >= 0.6 is 11.6 Å². The Morgan fingerprint density at radius 1 is 1.38 bits per heavy atom. The molecule has 0 saturated carbocycles. The number of H-pyrrole nitrogens is 1. The Morgan fingerprint density at radius 2 is 2.06 bits per heavy atom. The van der Waals surface area contributed by atoms with Crippen molar-refractivity contribution in [3.8, 4) is 0 Å². The first-order chi connectivity index (χ1) is 7.50. The van der Waals surface area contributed by atoms with Crippen LogP contribution in [0.2, 0.25) is 5.02 Å². The molecule has 0 amide bonds. The van der Waals surface area contributed by atoms with E-state index >= 15 is 0 Å². The topological polar surface area (TPSA) is 92.2 Å². The van der Waals surface area contributed by atoms with E-state index in [1.165, 1.54) is 18.2 Å². The second-order valence-electron chi connectivity index (χ2n) is 3.04. The highest BCUT2D eigenvalue weighted by atomic mass is 35.5. The number of rotatable bonds is 0. The van der Waals surface area contributed by atoms with Crippen LogP contribution < -0.4 is 11.2 Å². The summed E-state index contributed by atoms with van der Waals surface area (Å²) in [5, 5.41) is 9.02. The number of hydrogen-bond acceptors (Lipinski definition) is 3. The van der Waals surface area contributed by atoms with Gasteiger partial charge in [-0.15, -0.1) is 0 Å². The Balaban J connectivity index is 3.03. The second-order valence-corrected chi connectivity index (χ2v) is 3.48. The van der Waals surface area contributed by atoms with Crippen molar-refractivity contribution in [3.05, 3.63) is 44.1 Å². The van der Waals surface area contributed by atoms with Crippen LogP contribution in [0.15, 0.2) is 27.8 Å². The number of carboxylic acid groups (broad SMARTS) is 1. The Labute approximate surface area is 92.7 Å². The lowest BCUT2D eigenvalue weighted by Crippen LogP contribution is -2.39. The molecule has 0 aliphatic heterocycles. The minimum absolute atomic E-state index is 0.0505. The predicted molar refractivity (Wildman–Crippen MR) is 57.3 cm³/mol. The third-order valence-corrected chi connectivity index (χ3v) is 2.29. The molecule has 7 heteroatoms. The molecule has 2 N–H and O–H groups in total. The molecule has 2 rings (SSSR count). The molecular weight excluding hydrogens is 236 g/mol. The maximum atomic E-state index is 11.6. The van der Waals surface area contributed by atoms with Gasteiger partial charge in [-0.3, -0.25) is 4.79 Å². The normalized spacial score (nSPS) is 10.6. The van der Waals surface area contributed by atoms with Gasteiger partial charge in [0.25, 0.3) is 5.56 Å². The van der Waals surface area contributed by atoms with Crippen molar-refractivity contribution >= 4 is 28.6 Å². The number of fused-ring (bicyclic) bond motifs is 1. The van der Waals surface area contributed by atoms with Crippen molar-refractivity contribution in [3.63, 3.8) is 0 Å². The van der Waals surface area contributed by atoms with Crippen LogP contribution in [-0.2, 0) is 0 Å². The predicted octanol–water partition coefficient (Wildman–Crippen LogP) is 0.869. The average molecular weight is 241 g/mol. The van der Waals surface area contributed by atoms with E-state index in [4.69, 9.17) is 16.7 Å². The Hall–Kier alpha value is -2.08. The first kappa shape index (κ1) is 10.4. The van der Waals surface area contributed by atoms with Gasteiger partial charge in [0, 0.05) is 5.02 Å². The summed E-state index contributed by atoms with van der Waals surface area (Å²) in [7, 11) is 0. The molecule has 0 spiro atoms. The van der Waals surface area contributed by atoms with Gasteiger partial charge in [0.1, 0.15) is 0 Å². The van der Waals surface area contributed by atoms with Crippen molar-refractivity contribution in [2.75, 3.05) is 0 Å². The molecule has 0 saturated heterocycles. The largest absolute Gasteiger partial charge is 0.464 e. The zero-order chi connectivity index (χ0) is 11.9. The quantitative estimate of drug-likeness (QED) is 0.715. The maximum absolute atomic E-state index is 11.6. The molecule has 0 aliphatic rings. The van der Waals surface area contributed by atoms with E-state index in [2.05, 4.69) is 4.98 Å². The highest BCUT2D eigenvalue weighted by Crippen LogP contribution is 2.13. The highest BCUT2D eigenvalue weighted by Gasteiger charge is 2.12. The Kier molecular flexibility index (Phi) is 2.28. The minimum atomic E-state index is -1.63. The SMILES string of the molecule is O=C(O)n1c(=O)[nH]c2ccc(Cl)cc2c1=O. The van der Waals surface area contributed by atoms with Crippen molar-refractivity contribution in [2.24, 2.45) is 0 Å². The van der Waals surface area contributed by atoms with Crippen molar-refractivity contribution in [1.29, 1.82) is 0 Å². The summed E-state index contributed by atoms with van der Waals surface area (Å²) in [5.74, 6) is 0. The zero-order valence-corrected chi connectivity index (χ0v) is 8.49. The van der Waals surface area contributed by atoms with Crippen LogP contribution in [0.4, 0.5) is 4.79 Å². The third kappa shape index (κ3) is 1.49. The summed E-state index contributed by atoms with van der Waals surface area (Å²) in [4.78, 5) is 35.9. The number of aromatic amines is 1. The van der Waals surface area contributed by atoms with Crippen LogP contribution in [0.25, 0.3) is 10.9 Å². The summed E-state index contributed by atoms with van der Waals surface area (Å²) in [6.45, 7) is 0.